The number of nitriles is 1. The number of aromatic nitrogens is 2. The lowest BCUT2D eigenvalue weighted by Crippen LogP contribution is -2.15. The molecule has 0 radical (unpaired) electrons. The Morgan fingerprint density at radius 3 is 2.65 bits per heavy atom. The zero-order chi connectivity index (χ0) is 18.5. The van der Waals surface area contributed by atoms with Crippen LogP contribution in [0.5, 0.6) is 0 Å². The van der Waals surface area contributed by atoms with E-state index in [1.165, 1.54) is 12.4 Å². The molecular weight excluding hydrogens is 326 g/mol. The molecule has 0 saturated carbocycles. The summed E-state index contributed by atoms with van der Waals surface area (Å²) < 4.78 is 0. The van der Waals surface area contributed by atoms with Gasteiger partial charge in [-0.3, -0.25) is 4.79 Å². The SMILES string of the molecule is Cc1ccc(C)c(NC(=O)c2cnc(Nc3cccc(C#N)c3)cn2)c1. The fourth-order valence-electron chi connectivity index (χ4n) is 2.38. The van der Waals surface area contributed by atoms with Gasteiger partial charge in [0.2, 0.25) is 0 Å². The van der Waals surface area contributed by atoms with Crippen LogP contribution in [0.25, 0.3) is 0 Å². The zero-order valence-corrected chi connectivity index (χ0v) is 14.4. The largest absolute Gasteiger partial charge is 0.339 e. The van der Waals surface area contributed by atoms with Crippen LogP contribution in [0.3, 0.4) is 0 Å². The van der Waals surface area contributed by atoms with Gasteiger partial charge in [-0.1, -0.05) is 18.2 Å². The predicted octanol–water partition coefficient (Wildman–Crippen LogP) is 3.96. The summed E-state index contributed by atoms with van der Waals surface area (Å²) in [4.78, 5) is 20.7. The first-order chi connectivity index (χ1) is 12.5. The quantitative estimate of drug-likeness (QED) is 0.748. The molecule has 0 unspecified atom stereocenters. The number of aryl methyl sites for hydroxylation is 2. The van der Waals surface area contributed by atoms with Crippen molar-refractivity contribution >= 4 is 23.1 Å². The Morgan fingerprint density at radius 2 is 1.92 bits per heavy atom. The Bertz CT molecular complexity index is 990. The van der Waals surface area contributed by atoms with Crippen LogP contribution in [-0.2, 0) is 0 Å². The van der Waals surface area contributed by atoms with Crippen LogP contribution in [0, 0.1) is 25.2 Å². The normalized spacial score (nSPS) is 10.0. The van der Waals surface area contributed by atoms with Gasteiger partial charge in [-0.25, -0.2) is 9.97 Å². The van der Waals surface area contributed by atoms with Gasteiger partial charge in [0.15, 0.2) is 0 Å². The summed E-state index contributed by atoms with van der Waals surface area (Å²) in [5, 5.41) is 14.8. The molecule has 6 nitrogen and oxygen atoms in total. The van der Waals surface area contributed by atoms with Crippen molar-refractivity contribution in [1.82, 2.24) is 9.97 Å². The summed E-state index contributed by atoms with van der Waals surface area (Å²) in [6.45, 7) is 3.90. The highest BCUT2D eigenvalue weighted by atomic mass is 16.1. The van der Waals surface area contributed by atoms with Crippen molar-refractivity contribution in [2.45, 2.75) is 13.8 Å². The van der Waals surface area contributed by atoms with Crippen molar-refractivity contribution in [3.05, 3.63) is 77.2 Å². The molecule has 3 rings (SSSR count). The number of carbonyl (C=O) groups excluding carboxylic acids is 1. The Labute approximate surface area is 151 Å². The molecule has 128 valence electrons. The van der Waals surface area contributed by atoms with E-state index in [2.05, 4.69) is 26.7 Å². The van der Waals surface area contributed by atoms with Gasteiger partial charge in [-0.2, -0.15) is 5.26 Å². The molecule has 2 aromatic carbocycles. The summed E-state index contributed by atoms with van der Waals surface area (Å²) >= 11 is 0. The second-order valence-electron chi connectivity index (χ2n) is 5.88. The van der Waals surface area contributed by atoms with Crippen LogP contribution in [0.2, 0.25) is 0 Å². The van der Waals surface area contributed by atoms with Gasteiger partial charge in [0, 0.05) is 11.4 Å². The van der Waals surface area contributed by atoms with E-state index in [0.29, 0.717) is 11.4 Å². The van der Waals surface area contributed by atoms with Crippen molar-refractivity contribution in [3.8, 4) is 6.07 Å². The average molecular weight is 343 g/mol. The molecule has 0 saturated heterocycles. The van der Waals surface area contributed by atoms with E-state index in [-0.39, 0.29) is 11.6 Å². The third-order valence-electron chi connectivity index (χ3n) is 3.79. The van der Waals surface area contributed by atoms with E-state index in [1.807, 2.05) is 38.1 Å². The van der Waals surface area contributed by atoms with Crippen LogP contribution >= 0.6 is 0 Å². The molecule has 0 aliphatic heterocycles. The number of hydrogen-bond donors (Lipinski definition) is 2. The lowest BCUT2D eigenvalue weighted by atomic mass is 10.1. The molecule has 6 heteroatoms. The Kier molecular flexibility index (Phi) is 4.90. The number of amides is 1. The minimum atomic E-state index is -0.316. The summed E-state index contributed by atoms with van der Waals surface area (Å²) in [5.41, 5.74) is 4.30. The van der Waals surface area contributed by atoms with Crippen molar-refractivity contribution in [2.75, 3.05) is 10.6 Å². The lowest BCUT2D eigenvalue weighted by molar-refractivity contribution is 0.102. The number of carbonyl (C=O) groups is 1. The van der Waals surface area contributed by atoms with Crippen LogP contribution in [0.4, 0.5) is 17.2 Å². The predicted molar refractivity (Wildman–Crippen MR) is 100 cm³/mol. The van der Waals surface area contributed by atoms with Crippen molar-refractivity contribution in [3.63, 3.8) is 0 Å². The van der Waals surface area contributed by atoms with Gasteiger partial charge >= 0.3 is 0 Å². The van der Waals surface area contributed by atoms with Crippen LogP contribution < -0.4 is 10.6 Å². The highest BCUT2D eigenvalue weighted by molar-refractivity contribution is 6.03. The molecule has 0 bridgehead atoms. The monoisotopic (exact) mass is 343 g/mol. The third-order valence-corrected chi connectivity index (χ3v) is 3.79. The van der Waals surface area contributed by atoms with E-state index in [9.17, 15) is 4.79 Å². The summed E-state index contributed by atoms with van der Waals surface area (Å²) in [6.07, 6.45) is 2.90. The topological polar surface area (TPSA) is 90.7 Å². The zero-order valence-electron chi connectivity index (χ0n) is 14.4. The number of nitrogens with one attached hydrogen (secondary N) is 2. The van der Waals surface area contributed by atoms with Gasteiger partial charge in [0.1, 0.15) is 11.5 Å². The van der Waals surface area contributed by atoms with Gasteiger partial charge < -0.3 is 10.6 Å². The van der Waals surface area contributed by atoms with Gasteiger partial charge in [0.25, 0.3) is 5.91 Å². The standard InChI is InChI=1S/C20H17N5O/c1-13-6-7-14(2)17(8-13)25-20(26)18-11-23-19(12-22-18)24-16-5-3-4-15(9-16)10-21/h3-9,11-12H,1-2H3,(H,23,24)(H,25,26). The summed E-state index contributed by atoms with van der Waals surface area (Å²) in [5.74, 6) is 0.174. The van der Waals surface area contributed by atoms with E-state index >= 15 is 0 Å². The first-order valence-electron chi connectivity index (χ1n) is 8.03. The number of nitrogens with zero attached hydrogens (tertiary/aromatic N) is 3. The molecule has 1 heterocycles. The van der Waals surface area contributed by atoms with Crippen LogP contribution in [0.15, 0.2) is 54.9 Å². The minimum Gasteiger partial charge on any atom is -0.339 e. The minimum absolute atomic E-state index is 0.224. The molecule has 2 N–H and O–H groups in total. The first kappa shape index (κ1) is 17.1. The molecular formula is C20H17N5O. The Hall–Kier alpha value is -3.72. The number of rotatable bonds is 4. The molecule has 0 aliphatic carbocycles. The number of benzene rings is 2. The van der Waals surface area contributed by atoms with E-state index in [0.717, 1.165) is 22.5 Å². The maximum absolute atomic E-state index is 12.4. The molecule has 1 amide bonds. The molecule has 1 aromatic heterocycles. The van der Waals surface area contributed by atoms with Gasteiger partial charge in [-0.05, 0) is 49.2 Å². The van der Waals surface area contributed by atoms with Crippen LogP contribution in [-0.4, -0.2) is 15.9 Å². The van der Waals surface area contributed by atoms with E-state index in [1.54, 1.807) is 18.2 Å². The second kappa shape index (κ2) is 7.45. The number of hydrogen-bond acceptors (Lipinski definition) is 5. The van der Waals surface area contributed by atoms with Crippen molar-refractivity contribution < 1.29 is 4.79 Å². The fourth-order valence-corrected chi connectivity index (χ4v) is 2.38. The maximum Gasteiger partial charge on any atom is 0.275 e. The molecule has 26 heavy (non-hydrogen) atoms. The summed E-state index contributed by atoms with van der Waals surface area (Å²) in [6, 6.07) is 15.0. The van der Waals surface area contributed by atoms with E-state index < -0.39 is 0 Å². The third kappa shape index (κ3) is 4.02. The maximum atomic E-state index is 12.4. The first-order valence-corrected chi connectivity index (χ1v) is 8.03. The molecule has 0 aliphatic rings. The highest BCUT2D eigenvalue weighted by Crippen LogP contribution is 2.18. The average Bonchev–Trinajstić information content (AvgIpc) is 2.65. The van der Waals surface area contributed by atoms with Crippen molar-refractivity contribution in [1.29, 1.82) is 5.26 Å². The van der Waals surface area contributed by atoms with Gasteiger partial charge in [0.05, 0.1) is 24.0 Å². The Balaban J connectivity index is 1.71. The fraction of sp³-hybridized carbons (Fsp3) is 0.100. The number of anilines is 3. The van der Waals surface area contributed by atoms with Crippen molar-refractivity contribution in [2.24, 2.45) is 0 Å². The Morgan fingerprint density at radius 1 is 1.08 bits per heavy atom. The van der Waals surface area contributed by atoms with Gasteiger partial charge in [-0.15, -0.1) is 0 Å². The molecule has 0 atom stereocenters. The summed E-state index contributed by atoms with van der Waals surface area (Å²) in [7, 11) is 0. The van der Waals surface area contributed by atoms with Crippen LogP contribution in [0.1, 0.15) is 27.2 Å². The molecule has 0 fully saturated rings. The smallest absolute Gasteiger partial charge is 0.275 e. The molecule has 0 spiro atoms. The highest BCUT2D eigenvalue weighted by Gasteiger charge is 2.10. The lowest BCUT2D eigenvalue weighted by Gasteiger charge is -2.09. The second-order valence-corrected chi connectivity index (χ2v) is 5.88. The van der Waals surface area contributed by atoms with E-state index in [4.69, 9.17) is 5.26 Å². The molecule has 3 aromatic rings.